The lowest BCUT2D eigenvalue weighted by atomic mass is 9.58. The molecular formula is C25H32O4. The van der Waals surface area contributed by atoms with Gasteiger partial charge in [-0.2, -0.15) is 0 Å². The van der Waals surface area contributed by atoms with Crippen molar-refractivity contribution in [1.29, 1.82) is 0 Å². The van der Waals surface area contributed by atoms with Crippen LogP contribution in [0.3, 0.4) is 0 Å². The normalized spacial score (nSPS) is 37.7. The highest BCUT2D eigenvalue weighted by Gasteiger charge is 2.67. The summed E-state index contributed by atoms with van der Waals surface area (Å²) in [5.74, 6) is -0.132. The maximum absolute atomic E-state index is 11.7. The SMILES string of the molecule is CC=C(C)C1(O)C(C=CC=C(C)C=CC=CC(=O)O)C2CC=C(C)CC2C2OC21. The van der Waals surface area contributed by atoms with Crippen LogP contribution in [0.25, 0.3) is 0 Å². The average molecular weight is 397 g/mol. The van der Waals surface area contributed by atoms with Crippen molar-refractivity contribution in [2.75, 3.05) is 0 Å². The van der Waals surface area contributed by atoms with Gasteiger partial charge in [0.15, 0.2) is 0 Å². The molecule has 0 amide bonds. The minimum absolute atomic E-state index is 0.00302. The Hall–Kier alpha value is -2.17. The standard InChI is InChI=1S/C25H32O4/c1-5-18(4)25(28)21(11-8-10-16(2)9-6-7-12-22(26)27)19-14-13-17(3)15-20(19)23-24(25)29-23/h5-13,19-21,23-24,28H,14-15H2,1-4H3,(H,26,27). The average Bonchev–Trinajstić information content (AvgIpc) is 3.49. The van der Waals surface area contributed by atoms with Crippen LogP contribution >= 0.6 is 0 Å². The van der Waals surface area contributed by atoms with E-state index in [1.165, 1.54) is 11.6 Å². The molecule has 156 valence electrons. The number of carboxylic acid groups (broad SMARTS) is 1. The van der Waals surface area contributed by atoms with Gasteiger partial charge in [0, 0.05) is 12.0 Å². The molecule has 0 spiro atoms. The van der Waals surface area contributed by atoms with Crippen LogP contribution in [0, 0.1) is 17.8 Å². The highest BCUT2D eigenvalue weighted by molar-refractivity contribution is 5.80. The van der Waals surface area contributed by atoms with Gasteiger partial charge < -0.3 is 14.9 Å². The van der Waals surface area contributed by atoms with Gasteiger partial charge in [-0.15, -0.1) is 0 Å². The fourth-order valence-electron chi connectivity index (χ4n) is 4.95. The topological polar surface area (TPSA) is 70.1 Å². The van der Waals surface area contributed by atoms with E-state index in [2.05, 4.69) is 19.1 Å². The summed E-state index contributed by atoms with van der Waals surface area (Å²) in [4.78, 5) is 10.5. The summed E-state index contributed by atoms with van der Waals surface area (Å²) in [6.07, 6.45) is 18.7. The van der Waals surface area contributed by atoms with Crippen LogP contribution in [0.1, 0.15) is 40.5 Å². The molecule has 4 heteroatoms. The van der Waals surface area contributed by atoms with E-state index in [-0.39, 0.29) is 18.1 Å². The Morgan fingerprint density at radius 3 is 2.62 bits per heavy atom. The number of allylic oxidation sites excluding steroid dienone is 9. The first kappa shape index (κ1) is 21.5. The van der Waals surface area contributed by atoms with Crippen molar-refractivity contribution in [3.8, 4) is 0 Å². The van der Waals surface area contributed by atoms with Gasteiger partial charge >= 0.3 is 5.97 Å². The van der Waals surface area contributed by atoms with E-state index >= 15 is 0 Å². The third-order valence-electron chi connectivity index (χ3n) is 6.65. The van der Waals surface area contributed by atoms with Crippen molar-refractivity contribution >= 4 is 5.97 Å². The van der Waals surface area contributed by atoms with Crippen molar-refractivity contribution in [1.82, 2.24) is 0 Å². The zero-order chi connectivity index (χ0) is 21.2. The number of carbonyl (C=O) groups is 1. The summed E-state index contributed by atoms with van der Waals surface area (Å²) in [5.41, 5.74) is 2.45. The predicted molar refractivity (Wildman–Crippen MR) is 115 cm³/mol. The summed E-state index contributed by atoms with van der Waals surface area (Å²) >= 11 is 0. The smallest absolute Gasteiger partial charge is 0.328 e. The molecule has 0 aromatic heterocycles. The number of aliphatic carboxylic acids is 1. The van der Waals surface area contributed by atoms with Crippen molar-refractivity contribution in [3.05, 3.63) is 71.4 Å². The van der Waals surface area contributed by atoms with E-state index in [4.69, 9.17) is 9.84 Å². The van der Waals surface area contributed by atoms with Gasteiger partial charge in [-0.3, -0.25) is 0 Å². The number of fused-ring (bicyclic) bond motifs is 3. The first-order chi connectivity index (χ1) is 13.8. The van der Waals surface area contributed by atoms with Crippen LogP contribution < -0.4 is 0 Å². The Bertz CT molecular complexity index is 826. The molecule has 0 aromatic rings. The highest BCUT2D eigenvalue weighted by atomic mass is 16.6. The van der Waals surface area contributed by atoms with E-state index in [1.54, 1.807) is 6.08 Å². The molecule has 0 aromatic carbocycles. The van der Waals surface area contributed by atoms with Crippen LogP contribution in [0.2, 0.25) is 0 Å². The van der Waals surface area contributed by atoms with Gasteiger partial charge in [-0.25, -0.2) is 4.79 Å². The minimum atomic E-state index is -0.960. The Kier molecular flexibility index (Phi) is 6.45. The quantitative estimate of drug-likeness (QED) is 0.294. The molecule has 2 fully saturated rings. The van der Waals surface area contributed by atoms with Crippen LogP contribution in [0.15, 0.2) is 71.4 Å². The molecule has 1 heterocycles. The Balaban J connectivity index is 1.84. The summed E-state index contributed by atoms with van der Waals surface area (Å²) in [7, 11) is 0. The molecule has 1 saturated carbocycles. The van der Waals surface area contributed by atoms with Crippen molar-refractivity contribution < 1.29 is 19.7 Å². The number of aliphatic hydroxyl groups is 1. The van der Waals surface area contributed by atoms with E-state index in [1.807, 2.05) is 45.1 Å². The van der Waals surface area contributed by atoms with E-state index in [0.717, 1.165) is 30.1 Å². The molecule has 4 nitrogen and oxygen atoms in total. The zero-order valence-electron chi connectivity index (χ0n) is 17.7. The molecule has 0 bridgehead atoms. The van der Waals surface area contributed by atoms with Crippen molar-refractivity contribution in [2.24, 2.45) is 17.8 Å². The molecule has 2 aliphatic carbocycles. The molecule has 6 atom stereocenters. The van der Waals surface area contributed by atoms with Gasteiger partial charge in [-0.05, 0) is 57.9 Å². The lowest BCUT2D eigenvalue weighted by Gasteiger charge is -2.47. The lowest BCUT2D eigenvalue weighted by molar-refractivity contribution is -0.131. The van der Waals surface area contributed by atoms with Gasteiger partial charge in [0.2, 0.25) is 0 Å². The number of hydrogen-bond donors (Lipinski definition) is 2. The van der Waals surface area contributed by atoms with Crippen LogP contribution in [0.4, 0.5) is 0 Å². The first-order valence-corrected chi connectivity index (χ1v) is 10.4. The second-order valence-electron chi connectivity index (χ2n) is 8.51. The molecule has 2 N–H and O–H groups in total. The second-order valence-corrected chi connectivity index (χ2v) is 8.51. The molecule has 0 radical (unpaired) electrons. The first-order valence-electron chi connectivity index (χ1n) is 10.4. The van der Waals surface area contributed by atoms with Gasteiger partial charge in [0.05, 0.1) is 6.10 Å². The maximum atomic E-state index is 11.7. The molecular weight excluding hydrogens is 364 g/mol. The van der Waals surface area contributed by atoms with E-state index in [0.29, 0.717) is 11.8 Å². The molecule has 29 heavy (non-hydrogen) atoms. The van der Waals surface area contributed by atoms with Crippen LogP contribution in [-0.2, 0) is 9.53 Å². The highest BCUT2D eigenvalue weighted by Crippen LogP contribution is 2.58. The molecule has 1 saturated heterocycles. The third kappa shape index (κ3) is 4.39. The summed E-state index contributed by atoms with van der Waals surface area (Å²) in [5, 5.41) is 20.4. The van der Waals surface area contributed by atoms with Gasteiger partial charge in [-0.1, -0.05) is 59.8 Å². The number of hydrogen-bond acceptors (Lipinski definition) is 3. The fraction of sp³-hybridized carbons (Fsp3) is 0.480. The monoisotopic (exact) mass is 396 g/mol. The minimum Gasteiger partial charge on any atom is -0.478 e. The van der Waals surface area contributed by atoms with Crippen molar-refractivity contribution in [3.63, 3.8) is 0 Å². The number of carboxylic acids is 1. The third-order valence-corrected chi connectivity index (χ3v) is 6.65. The molecule has 1 aliphatic heterocycles. The molecule has 3 rings (SSSR count). The van der Waals surface area contributed by atoms with Crippen LogP contribution in [-0.4, -0.2) is 34.0 Å². The Morgan fingerprint density at radius 1 is 1.21 bits per heavy atom. The predicted octanol–water partition coefficient (Wildman–Crippen LogP) is 4.75. The van der Waals surface area contributed by atoms with Crippen LogP contribution in [0.5, 0.6) is 0 Å². The Labute approximate surface area is 173 Å². The zero-order valence-corrected chi connectivity index (χ0v) is 17.7. The van der Waals surface area contributed by atoms with E-state index in [9.17, 15) is 9.90 Å². The Morgan fingerprint density at radius 2 is 1.93 bits per heavy atom. The maximum Gasteiger partial charge on any atom is 0.328 e. The van der Waals surface area contributed by atoms with E-state index < -0.39 is 11.6 Å². The summed E-state index contributed by atoms with van der Waals surface area (Å²) in [6.45, 7) is 8.13. The van der Waals surface area contributed by atoms with Gasteiger partial charge in [0.1, 0.15) is 11.7 Å². The summed E-state index contributed by atoms with van der Waals surface area (Å²) < 4.78 is 6.04. The number of epoxide rings is 1. The lowest BCUT2D eigenvalue weighted by Crippen LogP contribution is -2.54. The summed E-state index contributed by atoms with van der Waals surface area (Å²) in [6, 6.07) is 0. The van der Waals surface area contributed by atoms with Gasteiger partial charge in [0.25, 0.3) is 0 Å². The molecule has 6 unspecified atom stereocenters. The second kappa shape index (κ2) is 8.68. The molecule has 3 aliphatic rings. The largest absolute Gasteiger partial charge is 0.478 e. The number of ether oxygens (including phenoxy) is 1. The van der Waals surface area contributed by atoms with Crippen molar-refractivity contribution in [2.45, 2.75) is 58.3 Å². The number of rotatable bonds is 6. The fourth-order valence-corrected chi connectivity index (χ4v) is 4.95.